The standard InChI is InChI=1S/C20H31NO5.C18H26O4/c1-20(2,3)26-18(22)14-17(19(23)21(4)24-5)12-9-13-25-15-16-10-7-6-8-11-16;1-18(2,3)22-17(20)12-16(13-19)10-7-11-21-14-15-8-5-4-6-9-15/h6-8,10-11,17H,9,12-15H2,1-5H3;4-6,8-9,13,16H,7,10-12,14H2,1-3H3/t17-;16-/m00/s1. The highest BCUT2D eigenvalue weighted by atomic mass is 16.7. The number of carbonyl (C=O) groups is 4. The van der Waals surface area contributed by atoms with Crippen LogP contribution >= 0.6 is 0 Å². The second-order valence-electron chi connectivity index (χ2n) is 13.6. The van der Waals surface area contributed by atoms with Crippen LogP contribution in [-0.2, 0) is 56.2 Å². The molecule has 2 aromatic rings. The van der Waals surface area contributed by atoms with Gasteiger partial charge in [0.05, 0.1) is 39.1 Å². The molecule has 10 heteroatoms. The molecule has 0 N–H and O–H groups in total. The van der Waals surface area contributed by atoms with E-state index in [1.165, 1.54) is 14.2 Å². The van der Waals surface area contributed by atoms with E-state index in [1.807, 2.05) is 81.4 Å². The zero-order valence-electron chi connectivity index (χ0n) is 30.2. The first-order chi connectivity index (χ1) is 22.6. The molecule has 0 bridgehead atoms. The molecule has 0 radical (unpaired) electrons. The number of rotatable bonds is 19. The van der Waals surface area contributed by atoms with Crippen molar-refractivity contribution in [3.63, 3.8) is 0 Å². The lowest BCUT2D eigenvalue weighted by Gasteiger charge is -2.24. The summed E-state index contributed by atoms with van der Waals surface area (Å²) in [4.78, 5) is 52.2. The SMILES string of the molecule is CC(C)(C)OC(=O)C[C@@H](C=O)CCCOCc1ccccc1.CON(C)C(=O)[C@@H](CCCOCc1ccccc1)CC(=O)OC(C)(C)C. The van der Waals surface area contributed by atoms with Gasteiger partial charge in [-0.25, -0.2) is 5.06 Å². The summed E-state index contributed by atoms with van der Waals surface area (Å²) in [5.74, 6) is -1.73. The molecular formula is C38H57NO9. The van der Waals surface area contributed by atoms with Gasteiger partial charge < -0.3 is 23.7 Å². The smallest absolute Gasteiger partial charge is 0.307 e. The number of benzene rings is 2. The number of hydroxylamine groups is 2. The first-order valence-corrected chi connectivity index (χ1v) is 16.6. The molecule has 2 rings (SSSR count). The molecular weight excluding hydrogens is 614 g/mol. The van der Waals surface area contributed by atoms with E-state index in [0.29, 0.717) is 45.7 Å². The lowest BCUT2D eigenvalue weighted by molar-refractivity contribution is -0.177. The van der Waals surface area contributed by atoms with E-state index >= 15 is 0 Å². The Labute approximate surface area is 287 Å². The average molecular weight is 672 g/mol. The first kappa shape index (κ1) is 42.4. The zero-order valence-corrected chi connectivity index (χ0v) is 30.2. The maximum atomic E-state index is 12.4. The number of ether oxygens (including phenoxy) is 4. The molecule has 0 unspecified atom stereocenters. The van der Waals surface area contributed by atoms with Crippen molar-refractivity contribution in [3.8, 4) is 0 Å². The van der Waals surface area contributed by atoms with Crippen LogP contribution in [0.15, 0.2) is 60.7 Å². The monoisotopic (exact) mass is 671 g/mol. The first-order valence-electron chi connectivity index (χ1n) is 16.6. The van der Waals surface area contributed by atoms with Crippen molar-refractivity contribution in [2.45, 2.75) is 104 Å². The minimum atomic E-state index is -0.573. The molecule has 10 nitrogen and oxygen atoms in total. The second kappa shape index (κ2) is 22.9. The molecule has 0 saturated heterocycles. The van der Waals surface area contributed by atoms with Crippen LogP contribution < -0.4 is 0 Å². The molecule has 2 aromatic carbocycles. The maximum Gasteiger partial charge on any atom is 0.307 e. The van der Waals surface area contributed by atoms with Crippen molar-refractivity contribution >= 4 is 24.1 Å². The summed E-state index contributed by atoms with van der Waals surface area (Å²) in [5.41, 5.74) is 1.15. The summed E-state index contributed by atoms with van der Waals surface area (Å²) in [5, 5.41) is 1.15. The molecule has 0 saturated carbocycles. The average Bonchev–Trinajstić information content (AvgIpc) is 3.02. The van der Waals surface area contributed by atoms with Crippen molar-refractivity contribution in [2.75, 3.05) is 27.4 Å². The molecule has 268 valence electrons. The van der Waals surface area contributed by atoms with E-state index in [4.69, 9.17) is 23.8 Å². The molecule has 48 heavy (non-hydrogen) atoms. The Hall–Kier alpha value is -3.60. The maximum absolute atomic E-state index is 12.4. The van der Waals surface area contributed by atoms with Crippen LogP contribution in [0.4, 0.5) is 0 Å². The van der Waals surface area contributed by atoms with E-state index in [2.05, 4.69) is 0 Å². The molecule has 0 aromatic heterocycles. The summed E-state index contributed by atoms with van der Waals surface area (Å²) >= 11 is 0. The molecule has 1 amide bonds. The van der Waals surface area contributed by atoms with Gasteiger partial charge in [-0.2, -0.15) is 0 Å². The fourth-order valence-electron chi connectivity index (χ4n) is 4.47. The van der Waals surface area contributed by atoms with E-state index < -0.39 is 17.1 Å². The summed E-state index contributed by atoms with van der Waals surface area (Å²) in [6, 6.07) is 19.8. The van der Waals surface area contributed by atoms with Gasteiger partial charge in [0.1, 0.15) is 17.5 Å². The van der Waals surface area contributed by atoms with Gasteiger partial charge in [0.15, 0.2) is 0 Å². The van der Waals surface area contributed by atoms with Crippen LogP contribution in [0.5, 0.6) is 0 Å². The van der Waals surface area contributed by atoms with Crippen molar-refractivity contribution in [1.82, 2.24) is 5.06 Å². The van der Waals surface area contributed by atoms with Gasteiger partial charge >= 0.3 is 11.9 Å². The number of hydrogen-bond donors (Lipinski definition) is 0. The third-order valence-electron chi connectivity index (χ3n) is 6.74. The Balaban J connectivity index is 0.000000487. The van der Waals surface area contributed by atoms with Gasteiger partial charge in [-0.05, 0) is 78.4 Å². The van der Waals surface area contributed by atoms with Crippen molar-refractivity contribution in [1.29, 1.82) is 0 Å². The largest absolute Gasteiger partial charge is 0.460 e. The van der Waals surface area contributed by atoms with Gasteiger partial charge in [-0.1, -0.05) is 60.7 Å². The minimum Gasteiger partial charge on any atom is -0.460 e. The number of aldehydes is 1. The number of esters is 2. The fourth-order valence-corrected chi connectivity index (χ4v) is 4.47. The molecule has 2 atom stereocenters. The Bertz CT molecular complexity index is 1190. The molecule has 0 aliphatic rings. The Kier molecular flexibility index (Phi) is 20.2. The van der Waals surface area contributed by atoms with Gasteiger partial charge in [0, 0.05) is 26.2 Å². The van der Waals surface area contributed by atoms with Crippen LogP contribution in [0, 0.1) is 11.8 Å². The lowest BCUT2D eigenvalue weighted by Crippen LogP contribution is -2.35. The van der Waals surface area contributed by atoms with E-state index in [0.717, 1.165) is 28.9 Å². The highest BCUT2D eigenvalue weighted by Gasteiger charge is 2.27. The second-order valence-corrected chi connectivity index (χ2v) is 13.6. The molecule has 0 heterocycles. The van der Waals surface area contributed by atoms with Gasteiger partial charge in [0.25, 0.3) is 0 Å². The molecule has 0 aliphatic carbocycles. The summed E-state index contributed by atoms with van der Waals surface area (Å²) in [6.45, 7) is 13.1. The number of hydrogen-bond acceptors (Lipinski definition) is 9. The van der Waals surface area contributed by atoms with E-state index in [9.17, 15) is 19.2 Å². The zero-order chi connectivity index (χ0) is 36.0. The van der Waals surface area contributed by atoms with Gasteiger partial charge in [-0.15, -0.1) is 0 Å². The third kappa shape index (κ3) is 21.3. The van der Waals surface area contributed by atoms with Crippen molar-refractivity contribution in [2.24, 2.45) is 11.8 Å². The van der Waals surface area contributed by atoms with Crippen LogP contribution in [0.25, 0.3) is 0 Å². The Morgan fingerprint density at radius 1 is 0.708 bits per heavy atom. The highest BCUT2D eigenvalue weighted by Crippen LogP contribution is 2.19. The lowest BCUT2D eigenvalue weighted by atomic mass is 9.98. The Morgan fingerprint density at radius 2 is 1.15 bits per heavy atom. The molecule has 0 fully saturated rings. The van der Waals surface area contributed by atoms with Crippen LogP contribution in [-0.4, -0.2) is 67.8 Å². The van der Waals surface area contributed by atoms with Crippen LogP contribution in [0.2, 0.25) is 0 Å². The Morgan fingerprint density at radius 3 is 1.56 bits per heavy atom. The summed E-state index contributed by atoms with van der Waals surface area (Å²) in [7, 11) is 2.96. The highest BCUT2D eigenvalue weighted by molar-refractivity contribution is 5.83. The van der Waals surface area contributed by atoms with Gasteiger partial charge in [-0.3, -0.25) is 19.2 Å². The van der Waals surface area contributed by atoms with E-state index in [-0.39, 0.29) is 36.6 Å². The number of carbonyl (C=O) groups excluding carboxylic acids is 4. The quantitative estimate of drug-likeness (QED) is 0.0682. The van der Waals surface area contributed by atoms with Crippen LogP contribution in [0.1, 0.15) is 91.2 Å². The number of amides is 1. The fraction of sp³-hybridized carbons (Fsp3) is 0.579. The van der Waals surface area contributed by atoms with Crippen LogP contribution in [0.3, 0.4) is 0 Å². The third-order valence-corrected chi connectivity index (χ3v) is 6.74. The number of nitrogens with zero attached hydrogens (tertiary/aromatic N) is 1. The molecule has 0 aliphatic heterocycles. The van der Waals surface area contributed by atoms with Crippen molar-refractivity contribution < 1.29 is 43.0 Å². The van der Waals surface area contributed by atoms with E-state index in [1.54, 1.807) is 20.8 Å². The van der Waals surface area contributed by atoms with Gasteiger partial charge in [0.2, 0.25) is 5.91 Å². The summed E-state index contributed by atoms with van der Waals surface area (Å²) in [6.07, 6.45) is 3.59. The topological polar surface area (TPSA) is 118 Å². The predicted octanol–water partition coefficient (Wildman–Crippen LogP) is 6.88. The predicted molar refractivity (Wildman–Crippen MR) is 184 cm³/mol. The summed E-state index contributed by atoms with van der Waals surface area (Å²) < 4.78 is 21.8. The van der Waals surface area contributed by atoms with Crippen molar-refractivity contribution in [3.05, 3.63) is 71.8 Å². The minimum absolute atomic E-state index is 0.0302. The normalized spacial score (nSPS) is 12.6. The molecule has 0 spiro atoms.